The van der Waals surface area contributed by atoms with Crippen molar-refractivity contribution in [3.63, 3.8) is 0 Å². The molecule has 2 atom stereocenters. The highest BCUT2D eigenvalue weighted by molar-refractivity contribution is 5.67. The summed E-state index contributed by atoms with van der Waals surface area (Å²) in [4.78, 5) is 13.3. The van der Waals surface area contributed by atoms with Gasteiger partial charge in [0.25, 0.3) is 0 Å². The summed E-state index contributed by atoms with van der Waals surface area (Å²) < 4.78 is 0. The van der Waals surface area contributed by atoms with Gasteiger partial charge >= 0.3 is 6.09 Å². The van der Waals surface area contributed by atoms with Gasteiger partial charge < -0.3 is 10.4 Å². The first-order valence-corrected chi connectivity index (χ1v) is 6.11. The average Bonchev–Trinajstić information content (AvgIpc) is 2.14. The maximum atomic E-state index is 11.5. The maximum Gasteiger partial charge on any atom is 0.408 e. The molecule has 2 fully saturated rings. The van der Waals surface area contributed by atoms with E-state index in [-0.39, 0.29) is 17.0 Å². The Balaban J connectivity index is 2.41. The molecule has 0 aromatic rings. The van der Waals surface area contributed by atoms with Gasteiger partial charge in [0.2, 0.25) is 0 Å². The number of piperazine rings is 1. The Morgan fingerprint density at radius 3 is 2.69 bits per heavy atom. The summed E-state index contributed by atoms with van der Waals surface area (Å²) in [5, 5.41) is 12.9. The minimum Gasteiger partial charge on any atom is -0.465 e. The van der Waals surface area contributed by atoms with Crippen molar-refractivity contribution in [3.8, 4) is 0 Å². The molecular formula is C12H22N2O2. The van der Waals surface area contributed by atoms with Gasteiger partial charge in [0.1, 0.15) is 0 Å². The summed E-state index contributed by atoms with van der Waals surface area (Å²) >= 11 is 0. The summed E-state index contributed by atoms with van der Waals surface area (Å²) in [5.41, 5.74) is -0.239. The number of rotatable bonds is 0. The molecule has 0 aromatic heterocycles. The van der Waals surface area contributed by atoms with Crippen molar-refractivity contribution in [1.29, 1.82) is 0 Å². The Morgan fingerprint density at radius 1 is 1.50 bits per heavy atom. The predicted molar refractivity (Wildman–Crippen MR) is 62.6 cm³/mol. The Bertz CT molecular complexity index is 286. The fraction of sp³-hybridized carbons (Fsp3) is 0.917. The Kier molecular flexibility index (Phi) is 2.65. The molecule has 2 bridgehead atoms. The zero-order valence-corrected chi connectivity index (χ0v) is 10.4. The molecule has 2 heterocycles. The van der Waals surface area contributed by atoms with Crippen molar-refractivity contribution >= 4 is 6.09 Å². The third kappa shape index (κ3) is 1.51. The molecule has 0 aromatic carbocycles. The van der Waals surface area contributed by atoms with Crippen LogP contribution in [0, 0.1) is 5.41 Å². The van der Waals surface area contributed by atoms with Crippen molar-refractivity contribution in [2.45, 2.75) is 51.6 Å². The third-order valence-electron chi connectivity index (χ3n) is 4.35. The van der Waals surface area contributed by atoms with Crippen LogP contribution in [0.5, 0.6) is 0 Å². The fourth-order valence-electron chi connectivity index (χ4n) is 3.38. The van der Waals surface area contributed by atoms with Crippen LogP contribution < -0.4 is 5.32 Å². The first-order chi connectivity index (χ1) is 7.38. The number of amides is 1. The first-order valence-electron chi connectivity index (χ1n) is 6.11. The van der Waals surface area contributed by atoms with Crippen LogP contribution in [0.4, 0.5) is 4.79 Å². The number of carboxylic acid groups (broad SMARTS) is 1. The fourth-order valence-corrected chi connectivity index (χ4v) is 3.38. The lowest BCUT2D eigenvalue weighted by molar-refractivity contribution is -0.0718. The van der Waals surface area contributed by atoms with E-state index >= 15 is 0 Å². The van der Waals surface area contributed by atoms with Gasteiger partial charge in [-0.15, -0.1) is 0 Å². The highest BCUT2D eigenvalue weighted by atomic mass is 16.4. The van der Waals surface area contributed by atoms with Crippen molar-refractivity contribution in [1.82, 2.24) is 10.2 Å². The Hall–Kier alpha value is -0.770. The molecule has 2 rings (SSSR count). The summed E-state index contributed by atoms with van der Waals surface area (Å²) in [7, 11) is 0. The van der Waals surface area contributed by atoms with Crippen LogP contribution >= 0.6 is 0 Å². The van der Waals surface area contributed by atoms with Gasteiger partial charge in [0.15, 0.2) is 0 Å². The van der Waals surface area contributed by atoms with Gasteiger partial charge in [0, 0.05) is 19.1 Å². The first kappa shape index (κ1) is 11.7. The number of nitrogens with zero attached hydrogens (tertiary/aromatic N) is 1. The molecule has 4 nitrogen and oxygen atoms in total. The van der Waals surface area contributed by atoms with Crippen molar-refractivity contribution < 1.29 is 9.90 Å². The van der Waals surface area contributed by atoms with Crippen LogP contribution in [0.1, 0.15) is 40.0 Å². The third-order valence-corrected chi connectivity index (χ3v) is 4.35. The smallest absolute Gasteiger partial charge is 0.408 e. The van der Waals surface area contributed by atoms with Crippen molar-refractivity contribution in [3.05, 3.63) is 0 Å². The normalized spacial score (nSPS) is 34.9. The largest absolute Gasteiger partial charge is 0.465 e. The van der Waals surface area contributed by atoms with Crippen LogP contribution in [-0.4, -0.2) is 40.8 Å². The molecule has 1 amide bonds. The second kappa shape index (κ2) is 3.62. The van der Waals surface area contributed by atoms with Crippen LogP contribution in [0.15, 0.2) is 0 Å². The highest BCUT2D eigenvalue weighted by Crippen LogP contribution is 2.45. The Labute approximate surface area is 97.0 Å². The molecule has 0 spiro atoms. The summed E-state index contributed by atoms with van der Waals surface area (Å²) in [6.07, 6.45) is 2.37. The van der Waals surface area contributed by atoms with Gasteiger partial charge in [-0.1, -0.05) is 20.8 Å². The number of fused-ring (bicyclic) bond motifs is 2. The zero-order valence-electron chi connectivity index (χ0n) is 10.4. The molecule has 0 saturated carbocycles. The van der Waals surface area contributed by atoms with E-state index in [0.717, 1.165) is 32.4 Å². The van der Waals surface area contributed by atoms with Crippen molar-refractivity contribution in [2.75, 3.05) is 13.1 Å². The van der Waals surface area contributed by atoms with Crippen LogP contribution in [0.3, 0.4) is 0 Å². The van der Waals surface area contributed by atoms with E-state index in [1.165, 1.54) is 0 Å². The molecule has 4 heteroatoms. The lowest BCUT2D eigenvalue weighted by Gasteiger charge is -2.59. The zero-order chi connectivity index (χ0) is 12.0. The second-order valence-corrected chi connectivity index (χ2v) is 6.11. The standard InChI is InChI=1S/C12H22N2O2/c1-11(2,3)12-6-4-5-9(7-13-8-12)14(12)10(15)16/h9,13H,4-8H2,1-3H3,(H,15,16). The van der Waals surface area contributed by atoms with E-state index in [4.69, 9.17) is 0 Å². The van der Waals surface area contributed by atoms with Crippen LogP contribution in [0.2, 0.25) is 0 Å². The Morgan fingerprint density at radius 2 is 2.19 bits per heavy atom. The van der Waals surface area contributed by atoms with E-state index in [2.05, 4.69) is 26.1 Å². The van der Waals surface area contributed by atoms with E-state index in [1.807, 2.05) is 0 Å². The molecule has 0 aliphatic carbocycles. The molecule has 2 N–H and O–H groups in total. The van der Waals surface area contributed by atoms with Gasteiger partial charge in [0.05, 0.1) is 5.54 Å². The lowest BCUT2D eigenvalue weighted by atomic mass is 9.65. The molecule has 92 valence electrons. The van der Waals surface area contributed by atoms with Gasteiger partial charge in [-0.2, -0.15) is 0 Å². The summed E-state index contributed by atoms with van der Waals surface area (Å²) in [6, 6.07) is 0.166. The lowest BCUT2D eigenvalue weighted by Crippen LogP contribution is -2.73. The van der Waals surface area contributed by atoms with E-state index in [1.54, 1.807) is 4.90 Å². The van der Waals surface area contributed by atoms with Gasteiger partial charge in [-0.05, 0) is 24.7 Å². The van der Waals surface area contributed by atoms with Crippen molar-refractivity contribution in [2.24, 2.45) is 5.41 Å². The maximum absolute atomic E-state index is 11.5. The summed E-state index contributed by atoms with van der Waals surface area (Å²) in [5.74, 6) is 0. The van der Waals surface area contributed by atoms with Crippen LogP contribution in [0.25, 0.3) is 0 Å². The van der Waals surface area contributed by atoms with E-state index in [0.29, 0.717) is 0 Å². The number of hydrogen-bond acceptors (Lipinski definition) is 2. The van der Waals surface area contributed by atoms with E-state index in [9.17, 15) is 9.90 Å². The molecule has 2 aliphatic rings. The SMILES string of the molecule is CC(C)(C)C12CCCC(CNC1)N2C(=O)O. The molecule has 16 heavy (non-hydrogen) atoms. The monoisotopic (exact) mass is 226 g/mol. The number of nitrogens with one attached hydrogen (secondary N) is 1. The van der Waals surface area contributed by atoms with Gasteiger partial charge in [-0.25, -0.2) is 4.79 Å². The topological polar surface area (TPSA) is 52.6 Å². The molecule has 2 unspecified atom stereocenters. The highest BCUT2D eigenvalue weighted by Gasteiger charge is 2.54. The molecular weight excluding hydrogens is 204 g/mol. The van der Waals surface area contributed by atoms with Gasteiger partial charge in [-0.3, -0.25) is 4.90 Å². The minimum atomic E-state index is -0.749. The van der Waals surface area contributed by atoms with E-state index < -0.39 is 6.09 Å². The molecule has 2 aliphatic heterocycles. The van der Waals surface area contributed by atoms with Crippen LogP contribution in [-0.2, 0) is 0 Å². The quantitative estimate of drug-likeness (QED) is 0.663. The predicted octanol–water partition coefficient (Wildman–Crippen LogP) is 1.91. The minimum absolute atomic E-state index is 0.0164. The molecule has 2 saturated heterocycles. The average molecular weight is 226 g/mol. The molecule has 0 radical (unpaired) electrons. The second-order valence-electron chi connectivity index (χ2n) is 6.11. The number of hydrogen-bond donors (Lipinski definition) is 2. The number of carbonyl (C=O) groups is 1. The number of piperidine rings is 1. The summed E-state index contributed by atoms with van der Waals surface area (Å²) in [6.45, 7) is 8.05.